The van der Waals surface area contributed by atoms with Crippen LogP contribution in [0.15, 0.2) is 15.9 Å². The topological polar surface area (TPSA) is 17.1 Å². The highest BCUT2D eigenvalue weighted by Gasteiger charge is 2.26. The van der Waals surface area contributed by atoms with Gasteiger partial charge in [0.1, 0.15) is 0 Å². The van der Waals surface area contributed by atoms with Crippen molar-refractivity contribution in [1.82, 2.24) is 0 Å². The van der Waals surface area contributed by atoms with Gasteiger partial charge in [0.05, 0.1) is 0 Å². The summed E-state index contributed by atoms with van der Waals surface area (Å²) in [6, 6.07) is 1.86. The minimum Gasteiger partial charge on any atom is -0.296 e. The molecule has 0 atom stereocenters. The van der Waals surface area contributed by atoms with Crippen LogP contribution in [0.5, 0.6) is 0 Å². The first-order chi connectivity index (χ1) is 5.91. The molecule has 1 aromatic rings. The van der Waals surface area contributed by atoms with Crippen LogP contribution in [0.3, 0.4) is 0 Å². The predicted octanol–water partition coefficient (Wildman–Crippen LogP) is 3.37. The van der Waals surface area contributed by atoms with Crippen molar-refractivity contribution in [3.8, 4) is 0 Å². The van der Waals surface area contributed by atoms with E-state index >= 15 is 0 Å². The van der Waals surface area contributed by atoms with E-state index in [1.807, 2.05) is 11.4 Å². The second kappa shape index (κ2) is 3.88. The molecule has 1 rings (SSSR count). The Labute approximate surface area is 89.1 Å². The van der Waals surface area contributed by atoms with Crippen molar-refractivity contribution in [3.63, 3.8) is 0 Å². The second-order valence-corrected chi connectivity index (χ2v) is 5.12. The van der Waals surface area contributed by atoms with E-state index in [1.165, 1.54) is 25.2 Å². The largest absolute Gasteiger partial charge is 0.296 e. The SMILES string of the molecule is CC(C)(F)C(=O)Cc1sccc1Br. The maximum absolute atomic E-state index is 13.1. The minimum atomic E-state index is -1.73. The summed E-state index contributed by atoms with van der Waals surface area (Å²) in [5.41, 5.74) is -1.73. The highest BCUT2D eigenvalue weighted by molar-refractivity contribution is 9.10. The van der Waals surface area contributed by atoms with Gasteiger partial charge in [-0.05, 0) is 41.2 Å². The Kier molecular flexibility index (Phi) is 3.24. The van der Waals surface area contributed by atoms with E-state index in [1.54, 1.807) is 0 Å². The standard InChI is InChI=1S/C9H10BrFOS/c1-9(2,11)8(12)5-7-6(10)3-4-13-7/h3-4H,5H2,1-2H3. The summed E-state index contributed by atoms with van der Waals surface area (Å²) in [6.45, 7) is 2.58. The second-order valence-electron chi connectivity index (χ2n) is 3.26. The van der Waals surface area contributed by atoms with Crippen molar-refractivity contribution in [2.45, 2.75) is 25.9 Å². The molecular weight excluding hydrogens is 255 g/mol. The molecule has 0 aliphatic heterocycles. The fourth-order valence-corrected chi connectivity index (χ4v) is 2.30. The van der Waals surface area contributed by atoms with Crippen LogP contribution in [0.25, 0.3) is 0 Å². The number of carbonyl (C=O) groups is 1. The molecule has 0 N–H and O–H groups in total. The number of ketones is 1. The van der Waals surface area contributed by atoms with Crippen LogP contribution >= 0.6 is 27.3 Å². The third kappa shape index (κ3) is 2.88. The van der Waals surface area contributed by atoms with Gasteiger partial charge in [0.2, 0.25) is 0 Å². The zero-order valence-corrected chi connectivity index (χ0v) is 9.84. The molecule has 0 aliphatic carbocycles. The lowest BCUT2D eigenvalue weighted by molar-refractivity contribution is -0.127. The molecule has 0 amide bonds. The summed E-state index contributed by atoms with van der Waals surface area (Å²) >= 11 is 4.76. The van der Waals surface area contributed by atoms with Crippen LogP contribution in [0, 0.1) is 0 Å². The monoisotopic (exact) mass is 264 g/mol. The highest BCUT2D eigenvalue weighted by atomic mass is 79.9. The summed E-state index contributed by atoms with van der Waals surface area (Å²) in [7, 11) is 0. The molecule has 72 valence electrons. The number of thiophene rings is 1. The van der Waals surface area contributed by atoms with E-state index in [4.69, 9.17) is 0 Å². The molecule has 0 saturated carbocycles. The lowest BCUT2D eigenvalue weighted by Gasteiger charge is -2.11. The fraction of sp³-hybridized carbons (Fsp3) is 0.444. The van der Waals surface area contributed by atoms with Gasteiger partial charge in [-0.15, -0.1) is 11.3 Å². The lowest BCUT2D eigenvalue weighted by atomic mass is 10.0. The minimum absolute atomic E-state index is 0.168. The Morgan fingerprint density at radius 3 is 2.69 bits per heavy atom. The third-order valence-electron chi connectivity index (χ3n) is 1.68. The van der Waals surface area contributed by atoms with Crippen molar-refractivity contribution in [1.29, 1.82) is 0 Å². The Balaban J connectivity index is 2.71. The van der Waals surface area contributed by atoms with Crippen molar-refractivity contribution >= 4 is 33.0 Å². The average Bonchev–Trinajstić information content (AvgIpc) is 2.34. The Morgan fingerprint density at radius 2 is 2.31 bits per heavy atom. The number of alkyl halides is 1. The van der Waals surface area contributed by atoms with Crippen LogP contribution in [-0.4, -0.2) is 11.5 Å². The van der Waals surface area contributed by atoms with Gasteiger partial charge in [-0.1, -0.05) is 0 Å². The molecule has 0 bridgehead atoms. The van der Waals surface area contributed by atoms with Gasteiger partial charge in [-0.25, -0.2) is 4.39 Å². The van der Waals surface area contributed by atoms with E-state index in [0.717, 1.165) is 9.35 Å². The predicted molar refractivity (Wildman–Crippen MR) is 55.9 cm³/mol. The van der Waals surface area contributed by atoms with Gasteiger partial charge in [0.25, 0.3) is 0 Å². The smallest absolute Gasteiger partial charge is 0.174 e. The number of hydrogen-bond donors (Lipinski definition) is 0. The number of Topliss-reactive ketones (excluding diaryl/α,β-unsaturated/α-hetero) is 1. The molecule has 0 radical (unpaired) electrons. The van der Waals surface area contributed by atoms with Crippen LogP contribution in [-0.2, 0) is 11.2 Å². The molecule has 13 heavy (non-hydrogen) atoms. The Bertz CT molecular complexity index is 314. The normalized spacial score (nSPS) is 11.7. The highest BCUT2D eigenvalue weighted by Crippen LogP contribution is 2.25. The van der Waals surface area contributed by atoms with Crippen molar-refractivity contribution in [2.24, 2.45) is 0 Å². The van der Waals surface area contributed by atoms with Gasteiger partial charge in [0, 0.05) is 15.8 Å². The molecule has 0 spiro atoms. The third-order valence-corrected chi connectivity index (χ3v) is 3.60. The molecule has 0 unspecified atom stereocenters. The van der Waals surface area contributed by atoms with E-state index in [-0.39, 0.29) is 12.2 Å². The number of carbonyl (C=O) groups excluding carboxylic acids is 1. The van der Waals surface area contributed by atoms with Gasteiger partial charge in [-0.3, -0.25) is 4.79 Å². The fourth-order valence-electron chi connectivity index (χ4n) is 0.807. The maximum atomic E-state index is 13.1. The van der Waals surface area contributed by atoms with E-state index < -0.39 is 5.67 Å². The number of halogens is 2. The molecule has 1 heterocycles. The van der Waals surface area contributed by atoms with Crippen LogP contribution in [0.4, 0.5) is 4.39 Å². The van der Waals surface area contributed by atoms with Crippen molar-refractivity contribution in [3.05, 3.63) is 20.8 Å². The molecule has 0 saturated heterocycles. The quantitative estimate of drug-likeness (QED) is 0.818. The van der Waals surface area contributed by atoms with Crippen molar-refractivity contribution in [2.75, 3.05) is 0 Å². The zero-order valence-electron chi connectivity index (χ0n) is 7.43. The first kappa shape index (κ1) is 10.9. The molecule has 1 nitrogen and oxygen atoms in total. The molecular formula is C9H10BrFOS. The van der Waals surface area contributed by atoms with Gasteiger partial charge < -0.3 is 0 Å². The summed E-state index contributed by atoms with van der Waals surface area (Å²) < 4.78 is 14.0. The van der Waals surface area contributed by atoms with Crippen LogP contribution in [0.2, 0.25) is 0 Å². The number of hydrogen-bond acceptors (Lipinski definition) is 2. The molecule has 0 fully saturated rings. The van der Waals surface area contributed by atoms with Gasteiger partial charge in [0.15, 0.2) is 11.5 Å². The Hall–Kier alpha value is -0.220. The van der Waals surface area contributed by atoms with E-state index in [2.05, 4.69) is 15.9 Å². The van der Waals surface area contributed by atoms with Crippen LogP contribution in [0.1, 0.15) is 18.7 Å². The van der Waals surface area contributed by atoms with Crippen LogP contribution < -0.4 is 0 Å². The molecule has 0 aliphatic rings. The summed E-state index contributed by atoms with van der Waals surface area (Å²) in [6.07, 6.45) is 0.168. The van der Waals surface area contributed by atoms with Gasteiger partial charge in [-0.2, -0.15) is 0 Å². The lowest BCUT2D eigenvalue weighted by Crippen LogP contribution is -2.27. The molecule has 1 aromatic heterocycles. The summed E-state index contributed by atoms with van der Waals surface area (Å²) in [5.74, 6) is -0.379. The van der Waals surface area contributed by atoms with Crippen molar-refractivity contribution < 1.29 is 9.18 Å². The Morgan fingerprint density at radius 1 is 1.69 bits per heavy atom. The number of rotatable bonds is 3. The summed E-state index contributed by atoms with van der Waals surface area (Å²) in [5, 5.41) is 1.87. The maximum Gasteiger partial charge on any atom is 0.174 e. The first-order valence-corrected chi connectivity index (χ1v) is 5.52. The van der Waals surface area contributed by atoms with E-state index in [0.29, 0.717) is 0 Å². The zero-order chi connectivity index (χ0) is 10.1. The summed E-state index contributed by atoms with van der Waals surface area (Å²) in [4.78, 5) is 12.2. The first-order valence-electron chi connectivity index (χ1n) is 3.85. The van der Waals surface area contributed by atoms with E-state index in [9.17, 15) is 9.18 Å². The molecule has 4 heteroatoms. The average molecular weight is 265 g/mol. The molecule has 0 aromatic carbocycles. The van der Waals surface area contributed by atoms with Gasteiger partial charge >= 0.3 is 0 Å².